The van der Waals surface area contributed by atoms with Crippen molar-refractivity contribution in [2.45, 2.75) is 44.8 Å². The van der Waals surface area contributed by atoms with E-state index in [4.69, 9.17) is 0 Å². The van der Waals surface area contributed by atoms with Gasteiger partial charge >= 0.3 is 0 Å². The van der Waals surface area contributed by atoms with Gasteiger partial charge in [0.05, 0.1) is 12.1 Å². The zero-order chi connectivity index (χ0) is 12.5. The van der Waals surface area contributed by atoms with Crippen molar-refractivity contribution in [1.29, 1.82) is 0 Å². The van der Waals surface area contributed by atoms with Gasteiger partial charge in [0, 0.05) is 6.20 Å². The standard InChI is InChI=1S/C13H18N4O/c1-9-6-7-17-12(8-9)15-13(16-17)14-10-4-2-3-5-11(10)18/h6-8,10-11,18H,2-5H2,1H3,(H,14,16). The summed E-state index contributed by atoms with van der Waals surface area (Å²) in [6, 6.07) is 4.08. The lowest BCUT2D eigenvalue weighted by molar-refractivity contribution is 0.116. The van der Waals surface area contributed by atoms with Crippen molar-refractivity contribution in [3.8, 4) is 0 Å². The number of aromatic nitrogens is 3. The van der Waals surface area contributed by atoms with Crippen molar-refractivity contribution in [1.82, 2.24) is 14.6 Å². The molecule has 1 aliphatic carbocycles. The summed E-state index contributed by atoms with van der Waals surface area (Å²) in [4.78, 5) is 4.43. The first-order valence-electron chi connectivity index (χ1n) is 6.50. The molecule has 0 saturated heterocycles. The third kappa shape index (κ3) is 2.18. The van der Waals surface area contributed by atoms with E-state index in [2.05, 4.69) is 15.4 Å². The van der Waals surface area contributed by atoms with Gasteiger partial charge in [-0.3, -0.25) is 0 Å². The molecular weight excluding hydrogens is 228 g/mol. The van der Waals surface area contributed by atoms with Gasteiger partial charge in [-0.05, 0) is 37.5 Å². The van der Waals surface area contributed by atoms with E-state index in [9.17, 15) is 5.11 Å². The van der Waals surface area contributed by atoms with Crippen molar-refractivity contribution in [2.24, 2.45) is 0 Å². The molecule has 3 rings (SSSR count). The molecule has 2 aromatic heterocycles. The van der Waals surface area contributed by atoms with E-state index in [0.717, 1.165) is 31.3 Å². The van der Waals surface area contributed by atoms with Gasteiger partial charge in [-0.1, -0.05) is 12.8 Å². The van der Waals surface area contributed by atoms with E-state index < -0.39 is 0 Å². The van der Waals surface area contributed by atoms with Crippen LogP contribution >= 0.6 is 0 Å². The summed E-state index contributed by atoms with van der Waals surface area (Å²) in [5.41, 5.74) is 2.00. The SMILES string of the molecule is Cc1ccn2nc(NC3CCCCC3O)nc2c1. The number of rotatable bonds is 2. The summed E-state index contributed by atoms with van der Waals surface area (Å²) < 4.78 is 1.75. The van der Waals surface area contributed by atoms with Crippen LogP contribution in [0.1, 0.15) is 31.2 Å². The highest BCUT2D eigenvalue weighted by molar-refractivity contribution is 5.45. The summed E-state index contributed by atoms with van der Waals surface area (Å²) in [6.07, 6.45) is 5.73. The van der Waals surface area contributed by atoms with Crippen LogP contribution in [0.25, 0.3) is 5.65 Å². The summed E-state index contributed by atoms with van der Waals surface area (Å²) in [6.45, 7) is 2.03. The third-order valence-electron chi connectivity index (χ3n) is 3.54. The zero-order valence-electron chi connectivity index (χ0n) is 10.5. The second kappa shape index (κ2) is 4.57. The highest BCUT2D eigenvalue weighted by Crippen LogP contribution is 2.21. The van der Waals surface area contributed by atoms with Crippen molar-refractivity contribution in [3.05, 3.63) is 23.9 Å². The van der Waals surface area contributed by atoms with Crippen molar-refractivity contribution < 1.29 is 5.11 Å². The van der Waals surface area contributed by atoms with E-state index in [1.165, 1.54) is 5.56 Å². The molecular formula is C13H18N4O. The van der Waals surface area contributed by atoms with Gasteiger partial charge in [-0.25, -0.2) is 4.52 Å². The van der Waals surface area contributed by atoms with Gasteiger partial charge in [0.1, 0.15) is 0 Å². The molecule has 0 aliphatic heterocycles. The first-order valence-corrected chi connectivity index (χ1v) is 6.50. The van der Waals surface area contributed by atoms with Gasteiger partial charge < -0.3 is 10.4 Å². The molecule has 18 heavy (non-hydrogen) atoms. The lowest BCUT2D eigenvalue weighted by Gasteiger charge is -2.27. The van der Waals surface area contributed by atoms with Gasteiger partial charge in [0.15, 0.2) is 5.65 Å². The molecule has 0 amide bonds. The van der Waals surface area contributed by atoms with E-state index in [1.807, 2.05) is 25.3 Å². The molecule has 1 aliphatic rings. The fourth-order valence-corrected chi connectivity index (χ4v) is 2.49. The molecule has 2 heterocycles. The molecule has 2 N–H and O–H groups in total. The normalized spacial score (nSPS) is 24.3. The highest BCUT2D eigenvalue weighted by Gasteiger charge is 2.23. The monoisotopic (exact) mass is 246 g/mol. The van der Waals surface area contributed by atoms with Crippen LogP contribution in [0.15, 0.2) is 18.3 Å². The first-order chi connectivity index (χ1) is 8.72. The highest BCUT2D eigenvalue weighted by atomic mass is 16.3. The van der Waals surface area contributed by atoms with E-state index >= 15 is 0 Å². The van der Waals surface area contributed by atoms with Gasteiger partial charge in [0.2, 0.25) is 5.95 Å². The smallest absolute Gasteiger partial charge is 0.243 e. The Bertz CT molecular complexity index is 551. The Labute approximate surface area is 106 Å². The van der Waals surface area contributed by atoms with Crippen LogP contribution in [0.3, 0.4) is 0 Å². The Balaban J connectivity index is 1.81. The van der Waals surface area contributed by atoms with Crippen LogP contribution in [0.2, 0.25) is 0 Å². The summed E-state index contributed by atoms with van der Waals surface area (Å²) in [5, 5.41) is 17.5. The minimum atomic E-state index is -0.285. The number of aliphatic hydroxyl groups excluding tert-OH is 1. The lowest BCUT2D eigenvalue weighted by atomic mass is 9.93. The second-order valence-electron chi connectivity index (χ2n) is 5.04. The van der Waals surface area contributed by atoms with Crippen LogP contribution < -0.4 is 5.32 Å². The van der Waals surface area contributed by atoms with Crippen LogP contribution in [-0.2, 0) is 0 Å². The molecule has 0 bridgehead atoms. The van der Waals surface area contributed by atoms with Gasteiger partial charge in [0.25, 0.3) is 0 Å². The Morgan fingerprint density at radius 1 is 1.39 bits per heavy atom. The molecule has 1 fully saturated rings. The fraction of sp³-hybridized carbons (Fsp3) is 0.538. The average molecular weight is 246 g/mol. The maximum Gasteiger partial charge on any atom is 0.243 e. The first kappa shape index (κ1) is 11.5. The minimum absolute atomic E-state index is 0.0808. The molecule has 0 radical (unpaired) electrons. The molecule has 5 nitrogen and oxygen atoms in total. The largest absolute Gasteiger partial charge is 0.391 e. The molecule has 96 valence electrons. The molecule has 5 heteroatoms. The fourth-order valence-electron chi connectivity index (χ4n) is 2.49. The maximum atomic E-state index is 9.92. The zero-order valence-corrected chi connectivity index (χ0v) is 10.5. The quantitative estimate of drug-likeness (QED) is 0.847. The molecule has 0 spiro atoms. The number of hydrogen-bond acceptors (Lipinski definition) is 4. The topological polar surface area (TPSA) is 62.5 Å². The number of nitrogens with one attached hydrogen (secondary N) is 1. The molecule has 1 saturated carbocycles. The Hall–Kier alpha value is -1.62. The van der Waals surface area contributed by atoms with Crippen LogP contribution in [0.5, 0.6) is 0 Å². The number of aryl methyl sites for hydroxylation is 1. The lowest BCUT2D eigenvalue weighted by Crippen LogP contribution is -2.36. The van der Waals surface area contributed by atoms with E-state index in [1.54, 1.807) is 4.52 Å². The number of nitrogens with zero attached hydrogens (tertiary/aromatic N) is 3. The maximum absolute atomic E-state index is 9.92. The number of hydrogen-bond donors (Lipinski definition) is 2. The number of aliphatic hydroxyl groups is 1. The number of anilines is 1. The molecule has 0 aromatic carbocycles. The van der Waals surface area contributed by atoms with Crippen molar-refractivity contribution in [2.75, 3.05) is 5.32 Å². The number of pyridine rings is 1. The summed E-state index contributed by atoms with van der Waals surface area (Å²) in [5.74, 6) is 0.603. The molecule has 2 unspecified atom stereocenters. The second-order valence-corrected chi connectivity index (χ2v) is 5.04. The van der Waals surface area contributed by atoms with Crippen molar-refractivity contribution in [3.63, 3.8) is 0 Å². The van der Waals surface area contributed by atoms with Crippen LogP contribution in [0, 0.1) is 6.92 Å². The van der Waals surface area contributed by atoms with E-state index in [-0.39, 0.29) is 12.1 Å². The Morgan fingerprint density at radius 2 is 2.22 bits per heavy atom. The summed E-state index contributed by atoms with van der Waals surface area (Å²) in [7, 11) is 0. The van der Waals surface area contributed by atoms with Gasteiger partial charge in [-0.15, -0.1) is 5.10 Å². The Kier molecular flexibility index (Phi) is 2.91. The van der Waals surface area contributed by atoms with Crippen molar-refractivity contribution >= 4 is 11.6 Å². The van der Waals surface area contributed by atoms with Gasteiger partial charge in [-0.2, -0.15) is 4.98 Å². The third-order valence-corrected chi connectivity index (χ3v) is 3.54. The Morgan fingerprint density at radius 3 is 3.06 bits per heavy atom. The molecule has 2 aromatic rings. The predicted octanol–water partition coefficient (Wildman–Crippen LogP) is 1.75. The van der Waals surface area contributed by atoms with Crippen LogP contribution in [-0.4, -0.2) is 31.9 Å². The summed E-state index contributed by atoms with van der Waals surface area (Å²) >= 11 is 0. The average Bonchev–Trinajstić information content (AvgIpc) is 2.73. The molecule has 2 atom stereocenters. The van der Waals surface area contributed by atoms with E-state index in [0.29, 0.717) is 5.95 Å². The van der Waals surface area contributed by atoms with Crippen LogP contribution in [0.4, 0.5) is 5.95 Å². The predicted molar refractivity (Wildman–Crippen MR) is 69.6 cm³/mol. The minimum Gasteiger partial charge on any atom is -0.391 e. The number of fused-ring (bicyclic) bond motifs is 1.